The molecule has 0 saturated heterocycles. The van der Waals surface area contributed by atoms with Gasteiger partial charge in [0, 0.05) is 13.1 Å². The number of imide groups is 1. The Labute approximate surface area is 132 Å². The van der Waals surface area contributed by atoms with Gasteiger partial charge in [0.15, 0.2) is 6.10 Å². The molecular weight excluding hydrogens is 308 g/mol. The summed E-state index contributed by atoms with van der Waals surface area (Å²) in [6, 6.07) is -0.740. The Morgan fingerprint density at radius 1 is 1.23 bits per heavy atom. The van der Waals surface area contributed by atoms with Crippen LogP contribution in [0.3, 0.4) is 0 Å². The number of amides is 3. The third kappa shape index (κ3) is 4.69. The molecule has 3 N–H and O–H groups in total. The summed E-state index contributed by atoms with van der Waals surface area (Å²) < 4.78 is 9.14. The molecule has 1 aromatic heterocycles. The lowest BCUT2D eigenvalue weighted by Crippen LogP contribution is -2.46. The van der Waals surface area contributed by atoms with Crippen LogP contribution in [0.4, 0.5) is 9.80 Å². The molecule has 0 aromatic carbocycles. The third-order valence-electron chi connectivity index (χ3n) is 2.60. The van der Waals surface area contributed by atoms with E-state index in [1.165, 1.54) is 6.92 Å². The van der Waals surface area contributed by atoms with E-state index in [1.54, 1.807) is 27.8 Å². The smallest absolute Gasteiger partial charge is 0.343 e. The number of anilines is 1. The lowest BCUT2D eigenvalue weighted by Gasteiger charge is -2.14. The van der Waals surface area contributed by atoms with E-state index in [0.717, 1.165) is 11.5 Å². The maximum absolute atomic E-state index is 12.1. The van der Waals surface area contributed by atoms with Crippen LogP contribution in [0.1, 0.15) is 36.8 Å². The zero-order valence-corrected chi connectivity index (χ0v) is 14.0. The van der Waals surface area contributed by atoms with E-state index >= 15 is 0 Å². The SMILES string of the molecule is CNc1snc(C)c1C(=O)OC(C)C(=O)NC(=O)NC(C)C. The molecule has 0 aliphatic rings. The molecule has 0 fully saturated rings. The number of carbonyl (C=O) groups excluding carboxylic acids is 3. The maximum atomic E-state index is 12.1. The van der Waals surface area contributed by atoms with E-state index in [1.807, 2.05) is 0 Å². The highest BCUT2D eigenvalue weighted by Gasteiger charge is 2.25. The van der Waals surface area contributed by atoms with Gasteiger partial charge in [-0.25, -0.2) is 9.59 Å². The molecule has 0 spiro atoms. The van der Waals surface area contributed by atoms with Crippen LogP contribution >= 0.6 is 11.5 Å². The van der Waals surface area contributed by atoms with Gasteiger partial charge in [-0.2, -0.15) is 4.37 Å². The van der Waals surface area contributed by atoms with Crippen molar-refractivity contribution in [2.75, 3.05) is 12.4 Å². The summed E-state index contributed by atoms with van der Waals surface area (Å²) in [6.07, 6.45) is -1.10. The van der Waals surface area contributed by atoms with E-state index in [2.05, 4.69) is 20.3 Å². The summed E-state index contributed by atoms with van der Waals surface area (Å²) in [7, 11) is 1.66. The van der Waals surface area contributed by atoms with Gasteiger partial charge in [0.25, 0.3) is 5.91 Å². The minimum absolute atomic E-state index is 0.108. The minimum Gasteiger partial charge on any atom is -0.449 e. The van der Waals surface area contributed by atoms with Crippen molar-refractivity contribution in [3.05, 3.63) is 11.3 Å². The Morgan fingerprint density at radius 3 is 2.41 bits per heavy atom. The predicted octanol–water partition coefficient (Wildman–Crippen LogP) is 1.27. The molecule has 0 aliphatic heterocycles. The van der Waals surface area contributed by atoms with Crippen molar-refractivity contribution in [2.45, 2.75) is 39.8 Å². The van der Waals surface area contributed by atoms with E-state index in [4.69, 9.17) is 4.74 Å². The van der Waals surface area contributed by atoms with Crippen molar-refractivity contribution in [1.82, 2.24) is 15.0 Å². The second-order valence-corrected chi connectivity index (χ2v) is 5.66. The van der Waals surface area contributed by atoms with Gasteiger partial charge >= 0.3 is 12.0 Å². The van der Waals surface area contributed by atoms with Gasteiger partial charge in [-0.15, -0.1) is 0 Å². The molecule has 0 bridgehead atoms. The van der Waals surface area contributed by atoms with Gasteiger partial charge in [0.05, 0.1) is 5.69 Å². The molecule has 0 radical (unpaired) electrons. The standard InChI is InChI=1S/C13H20N4O4S/c1-6(2)15-13(20)16-10(18)8(4)21-12(19)9-7(3)17-22-11(9)14-5/h6,8,14H,1-5H3,(H2,15,16,18,20). The number of esters is 1. The van der Waals surface area contributed by atoms with Gasteiger partial charge in [-0.1, -0.05) is 0 Å². The van der Waals surface area contributed by atoms with Crippen LogP contribution in [0.2, 0.25) is 0 Å². The summed E-state index contributed by atoms with van der Waals surface area (Å²) in [4.78, 5) is 35.3. The lowest BCUT2D eigenvalue weighted by atomic mass is 10.2. The van der Waals surface area contributed by atoms with Gasteiger partial charge in [-0.3, -0.25) is 10.1 Å². The van der Waals surface area contributed by atoms with Crippen LogP contribution < -0.4 is 16.0 Å². The first-order chi connectivity index (χ1) is 10.3. The zero-order valence-electron chi connectivity index (χ0n) is 13.1. The molecule has 8 nitrogen and oxygen atoms in total. The van der Waals surface area contributed by atoms with Crippen molar-refractivity contribution < 1.29 is 19.1 Å². The first-order valence-electron chi connectivity index (χ1n) is 6.72. The molecule has 0 aliphatic carbocycles. The van der Waals surface area contributed by atoms with Crippen molar-refractivity contribution in [2.24, 2.45) is 0 Å². The summed E-state index contributed by atoms with van der Waals surface area (Å²) in [6.45, 7) is 6.59. The first kappa shape index (κ1) is 17.9. The topological polar surface area (TPSA) is 109 Å². The van der Waals surface area contributed by atoms with Crippen molar-refractivity contribution >= 4 is 34.4 Å². The van der Waals surface area contributed by atoms with Gasteiger partial charge in [-0.05, 0) is 39.2 Å². The Bertz CT molecular complexity index is 570. The van der Waals surface area contributed by atoms with E-state index < -0.39 is 24.0 Å². The number of aryl methyl sites for hydroxylation is 1. The van der Waals surface area contributed by atoms with Crippen LogP contribution in [0.15, 0.2) is 0 Å². The highest BCUT2D eigenvalue weighted by Crippen LogP contribution is 2.24. The third-order valence-corrected chi connectivity index (χ3v) is 3.56. The minimum atomic E-state index is -1.10. The first-order valence-corrected chi connectivity index (χ1v) is 7.50. The number of hydrogen-bond donors (Lipinski definition) is 3. The number of hydrogen-bond acceptors (Lipinski definition) is 7. The zero-order chi connectivity index (χ0) is 16.9. The summed E-state index contributed by atoms with van der Waals surface area (Å²) in [5.41, 5.74) is 0.809. The second kappa shape index (κ2) is 7.74. The van der Waals surface area contributed by atoms with Gasteiger partial charge < -0.3 is 15.4 Å². The summed E-state index contributed by atoms with van der Waals surface area (Å²) in [5, 5.41) is 8.02. The molecule has 1 rings (SSSR count). The summed E-state index contributed by atoms with van der Waals surface area (Å²) >= 11 is 1.13. The quantitative estimate of drug-likeness (QED) is 0.702. The molecule has 122 valence electrons. The van der Waals surface area contributed by atoms with Crippen LogP contribution in [0.25, 0.3) is 0 Å². The van der Waals surface area contributed by atoms with Crippen molar-refractivity contribution in [3.8, 4) is 0 Å². The molecule has 1 aromatic rings. The van der Waals surface area contributed by atoms with Crippen LogP contribution in [0, 0.1) is 6.92 Å². The van der Waals surface area contributed by atoms with Gasteiger partial charge in [0.2, 0.25) is 0 Å². The Morgan fingerprint density at radius 2 is 1.86 bits per heavy atom. The number of carbonyl (C=O) groups is 3. The number of urea groups is 1. The maximum Gasteiger partial charge on any atom is 0.343 e. The fourth-order valence-electron chi connectivity index (χ4n) is 1.57. The fourth-order valence-corrected chi connectivity index (χ4v) is 2.30. The molecule has 1 unspecified atom stereocenters. The lowest BCUT2D eigenvalue weighted by molar-refractivity contribution is -0.127. The molecular formula is C13H20N4O4S. The summed E-state index contributed by atoms with van der Waals surface area (Å²) in [5.74, 6) is -1.36. The Hall–Kier alpha value is -2.16. The van der Waals surface area contributed by atoms with E-state index in [9.17, 15) is 14.4 Å². The molecule has 0 saturated carbocycles. The van der Waals surface area contributed by atoms with Crippen LogP contribution in [-0.4, -0.2) is 41.5 Å². The Kier molecular flexibility index (Phi) is 6.29. The van der Waals surface area contributed by atoms with Crippen LogP contribution in [0.5, 0.6) is 0 Å². The predicted molar refractivity (Wildman–Crippen MR) is 83.1 cm³/mol. The second-order valence-electron chi connectivity index (χ2n) is 4.89. The number of nitrogens with one attached hydrogen (secondary N) is 3. The molecule has 1 heterocycles. The van der Waals surface area contributed by atoms with Gasteiger partial charge in [0.1, 0.15) is 10.6 Å². The number of nitrogens with zero attached hydrogens (tertiary/aromatic N) is 1. The van der Waals surface area contributed by atoms with E-state index in [0.29, 0.717) is 16.3 Å². The largest absolute Gasteiger partial charge is 0.449 e. The normalized spacial score (nSPS) is 11.7. The number of ether oxygens (including phenoxy) is 1. The molecule has 9 heteroatoms. The average molecular weight is 328 g/mol. The number of aromatic nitrogens is 1. The highest BCUT2D eigenvalue weighted by atomic mass is 32.1. The van der Waals surface area contributed by atoms with Crippen LogP contribution in [-0.2, 0) is 9.53 Å². The monoisotopic (exact) mass is 328 g/mol. The molecule has 1 atom stereocenters. The average Bonchev–Trinajstić information content (AvgIpc) is 2.78. The molecule has 22 heavy (non-hydrogen) atoms. The number of rotatable bonds is 5. The Balaban J connectivity index is 2.65. The van der Waals surface area contributed by atoms with E-state index in [-0.39, 0.29) is 6.04 Å². The fraction of sp³-hybridized carbons (Fsp3) is 0.538. The van der Waals surface area contributed by atoms with Crippen molar-refractivity contribution in [1.29, 1.82) is 0 Å². The van der Waals surface area contributed by atoms with Crippen molar-refractivity contribution in [3.63, 3.8) is 0 Å². The highest BCUT2D eigenvalue weighted by molar-refractivity contribution is 7.10. The molecule has 3 amide bonds.